The Labute approximate surface area is 130 Å². The summed E-state index contributed by atoms with van der Waals surface area (Å²) >= 11 is 1.85. The van der Waals surface area contributed by atoms with Gasteiger partial charge in [-0.3, -0.25) is 4.79 Å². The van der Waals surface area contributed by atoms with E-state index in [1.165, 1.54) is 15.3 Å². The van der Waals surface area contributed by atoms with Crippen molar-refractivity contribution in [2.75, 3.05) is 0 Å². The lowest BCUT2D eigenvalue weighted by Gasteiger charge is -2.14. The third-order valence-corrected chi connectivity index (χ3v) is 4.59. The van der Waals surface area contributed by atoms with Gasteiger partial charge in [0.2, 0.25) is 5.91 Å². The number of thiophene rings is 1. The van der Waals surface area contributed by atoms with Crippen molar-refractivity contribution in [2.24, 2.45) is 5.73 Å². The first-order valence-electron chi connectivity index (χ1n) is 7.13. The van der Waals surface area contributed by atoms with Gasteiger partial charge in [0.25, 0.3) is 0 Å². The second-order valence-corrected chi connectivity index (χ2v) is 6.88. The van der Waals surface area contributed by atoms with Crippen LogP contribution in [0.25, 0.3) is 0 Å². The molecule has 0 fully saturated rings. The summed E-state index contributed by atoms with van der Waals surface area (Å²) in [6, 6.07) is 10.4. The number of carbonyl (C=O) groups is 1. The third-order valence-electron chi connectivity index (χ3n) is 3.57. The SMILES string of the molecule is Cc1ccc(CC(C)NCc2ccc(C(N)=O)cc2C)s1. The molecule has 2 rings (SSSR count). The minimum atomic E-state index is -0.376. The Morgan fingerprint density at radius 1 is 1.29 bits per heavy atom. The summed E-state index contributed by atoms with van der Waals surface area (Å²) in [7, 11) is 0. The minimum absolute atomic E-state index is 0.376. The van der Waals surface area contributed by atoms with E-state index in [2.05, 4.69) is 31.3 Å². The average Bonchev–Trinajstić information content (AvgIpc) is 2.82. The van der Waals surface area contributed by atoms with Gasteiger partial charge in [0, 0.05) is 27.9 Å². The highest BCUT2D eigenvalue weighted by Crippen LogP contribution is 2.17. The standard InChI is InChI=1S/C17H22N2OS/c1-11-8-14(17(18)20)5-6-15(11)10-19-12(2)9-16-7-4-13(3)21-16/h4-8,12,19H,9-10H2,1-3H3,(H2,18,20). The molecule has 0 aliphatic rings. The van der Waals surface area contributed by atoms with Gasteiger partial charge in [0.05, 0.1) is 0 Å². The lowest BCUT2D eigenvalue weighted by Crippen LogP contribution is -2.27. The van der Waals surface area contributed by atoms with E-state index in [-0.39, 0.29) is 5.91 Å². The molecule has 21 heavy (non-hydrogen) atoms. The molecule has 3 nitrogen and oxygen atoms in total. The highest BCUT2D eigenvalue weighted by Gasteiger charge is 2.08. The number of nitrogens with one attached hydrogen (secondary N) is 1. The maximum atomic E-state index is 11.1. The van der Waals surface area contributed by atoms with Gasteiger partial charge in [-0.2, -0.15) is 0 Å². The van der Waals surface area contributed by atoms with Crippen molar-refractivity contribution in [3.8, 4) is 0 Å². The minimum Gasteiger partial charge on any atom is -0.366 e. The zero-order chi connectivity index (χ0) is 15.4. The smallest absolute Gasteiger partial charge is 0.248 e. The second-order valence-electron chi connectivity index (χ2n) is 5.50. The van der Waals surface area contributed by atoms with Gasteiger partial charge < -0.3 is 11.1 Å². The maximum Gasteiger partial charge on any atom is 0.248 e. The van der Waals surface area contributed by atoms with Crippen LogP contribution in [0.4, 0.5) is 0 Å². The van der Waals surface area contributed by atoms with Crippen molar-refractivity contribution in [2.45, 2.75) is 39.8 Å². The fourth-order valence-electron chi connectivity index (χ4n) is 2.30. The summed E-state index contributed by atoms with van der Waals surface area (Å²) in [6.07, 6.45) is 1.04. The van der Waals surface area contributed by atoms with Crippen LogP contribution in [0.5, 0.6) is 0 Å². The number of nitrogens with two attached hydrogens (primary N) is 1. The summed E-state index contributed by atoms with van der Waals surface area (Å²) in [5.74, 6) is -0.376. The first kappa shape index (κ1) is 15.7. The number of hydrogen-bond donors (Lipinski definition) is 2. The van der Waals surface area contributed by atoms with E-state index in [1.807, 2.05) is 30.4 Å². The normalized spacial score (nSPS) is 12.3. The van der Waals surface area contributed by atoms with Crippen molar-refractivity contribution in [1.29, 1.82) is 0 Å². The van der Waals surface area contributed by atoms with E-state index in [0.717, 1.165) is 18.5 Å². The molecule has 0 aliphatic carbocycles. The number of primary amides is 1. The summed E-state index contributed by atoms with van der Waals surface area (Å²) < 4.78 is 0. The van der Waals surface area contributed by atoms with Crippen molar-refractivity contribution in [1.82, 2.24) is 5.32 Å². The first-order chi connectivity index (χ1) is 9.95. The average molecular weight is 302 g/mol. The molecule has 1 amide bonds. The van der Waals surface area contributed by atoms with Crippen LogP contribution >= 0.6 is 11.3 Å². The van der Waals surface area contributed by atoms with Crippen LogP contribution in [0.2, 0.25) is 0 Å². The molecular formula is C17H22N2OS. The predicted octanol–water partition coefficient (Wildman–Crippen LogP) is 3.18. The first-order valence-corrected chi connectivity index (χ1v) is 7.95. The second kappa shape index (κ2) is 6.87. The molecule has 0 radical (unpaired) electrons. The Morgan fingerprint density at radius 2 is 2.05 bits per heavy atom. The zero-order valence-electron chi connectivity index (χ0n) is 12.8. The van der Waals surface area contributed by atoms with Gasteiger partial charge in [-0.05, 0) is 62.6 Å². The van der Waals surface area contributed by atoms with Crippen LogP contribution in [-0.4, -0.2) is 11.9 Å². The largest absolute Gasteiger partial charge is 0.366 e. The lowest BCUT2D eigenvalue weighted by molar-refractivity contribution is 0.1000. The molecular weight excluding hydrogens is 280 g/mol. The molecule has 0 saturated heterocycles. The van der Waals surface area contributed by atoms with E-state index in [0.29, 0.717) is 11.6 Å². The molecule has 4 heteroatoms. The summed E-state index contributed by atoms with van der Waals surface area (Å²) in [4.78, 5) is 13.9. The van der Waals surface area contributed by atoms with Crippen LogP contribution in [0.3, 0.4) is 0 Å². The molecule has 1 atom stereocenters. The van der Waals surface area contributed by atoms with Gasteiger partial charge >= 0.3 is 0 Å². The molecule has 0 aliphatic heterocycles. The van der Waals surface area contributed by atoms with Crippen molar-refractivity contribution in [3.05, 3.63) is 56.8 Å². The van der Waals surface area contributed by atoms with Crippen LogP contribution in [-0.2, 0) is 13.0 Å². The predicted molar refractivity (Wildman–Crippen MR) is 88.8 cm³/mol. The number of benzene rings is 1. The van der Waals surface area contributed by atoms with Gasteiger partial charge in [0.1, 0.15) is 0 Å². The maximum absolute atomic E-state index is 11.1. The molecule has 1 aromatic heterocycles. The highest BCUT2D eigenvalue weighted by atomic mass is 32.1. The molecule has 1 aromatic carbocycles. The summed E-state index contributed by atoms with van der Waals surface area (Å²) in [6.45, 7) is 7.14. The molecule has 3 N–H and O–H groups in total. The van der Waals surface area contributed by atoms with E-state index >= 15 is 0 Å². The number of rotatable bonds is 6. The van der Waals surface area contributed by atoms with E-state index < -0.39 is 0 Å². The quantitative estimate of drug-likeness (QED) is 0.861. The van der Waals surface area contributed by atoms with Gasteiger partial charge in [0.15, 0.2) is 0 Å². The lowest BCUT2D eigenvalue weighted by atomic mass is 10.0. The van der Waals surface area contributed by atoms with E-state index in [4.69, 9.17) is 5.73 Å². The van der Waals surface area contributed by atoms with E-state index in [9.17, 15) is 4.79 Å². The molecule has 2 aromatic rings. The van der Waals surface area contributed by atoms with Gasteiger partial charge in [-0.25, -0.2) is 0 Å². The third kappa shape index (κ3) is 4.41. The van der Waals surface area contributed by atoms with Gasteiger partial charge in [-0.1, -0.05) is 6.07 Å². The molecule has 0 spiro atoms. The Bertz CT molecular complexity index is 633. The van der Waals surface area contributed by atoms with Gasteiger partial charge in [-0.15, -0.1) is 11.3 Å². The highest BCUT2D eigenvalue weighted by molar-refractivity contribution is 7.11. The molecule has 0 bridgehead atoms. The van der Waals surface area contributed by atoms with Crippen LogP contribution in [0, 0.1) is 13.8 Å². The summed E-state index contributed by atoms with van der Waals surface area (Å²) in [5.41, 5.74) is 8.16. The number of aryl methyl sites for hydroxylation is 2. The number of hydrogen-bond acceptors (Lipinski definition) is 3. The molecule has 112 valence electrons. The van der Waals surface area contributed by atoms with Crippen LogP contribution < -0.4 is 11.1 Å². The van der Waals surface area contributed by atoms with Crippen molar-refractivity contribution < 1.29 is 4.79 Å². The number of carbonyl (C=O) groups excluding carboxylic acids is 1. The zero-order valence-corrected chi connectivity index (χ0v) is 13.6. The fraction of sp³-hybridized carbons (Fsp3) is 0.353. The Balaban J connectivity index is 1.91. The fourth-order valence-corrected chi connectivity index (χ4v) is 3.32. The van der Waals surface area contributed by atoms with Crippen molar-refractivity contribution in [3.63, 3.8) is 0 Å². The van der Waals surface area contributed by atoms with E-state index in [1.54, 1.807) is 6.07 Å². The Morgan fingerprint density at radius 3 is 2.62 bits per heavy atom. The molecule has 1 heterocycles. The topological polar surface area (TPSA) is 55.1 Å². The van der Waals surface area contributed by atoms with Crippen LogP contribution in [0.1, 0.15) is 38.2 Å². The monoisotopic (exact) mass is 302 g/mol. The molecule has 0 saturated carbocycles. The Kier molecular flexibility index (Phi) is 5.15. The van der Waals surface area contributed by atoms with Crippen LogP contribution in [0.15, 0.2) is 30.3 Å². The molecule has 1 unspecified atom stereocenters. The summed E-state index contributed by atoms with van der Waals surface area (Å²) in [5, 5.41) is 3.54. The number of amides is 1. The Hall–Kier alpha value is -1.65. The van der Waals surface area contributed by atoms with Crippen molar-refractivity contribution >= 4 is 17.2 Å².